The van der Waals surface area contributed by atoms with Crippen LogP contribution in [0.4, 0.5) is 10.5 Å². The Balaban J connectivity index is 2.67. The number of amides is 2. The zero-order valence-corrected chi connectivity index (χ0v) is 13.9. The second-order valence-electron chi connectivity index (χ2n) is 5.37. The normalized spacial score (nSPS) is 11.0. The molecule has 0 bridgehead atoms. The summed E-state index contributed by atoms with van der Waals surface area (Å²) in [4.78, 5) is 22.2. The molecule has 0 fully saturated rings. The minimum atomic E-state index is -0.159. The standard InChI is InChI=1S/C14H24ClN5O/c1-18(2)8-10-20(11-9-19(3)4)14(21)17-12-6-5-7-16-13(12)15/h5-7H,8-11H2,1-4H3,(H,17,21). The van der Waals surface area contributed by atoms with E-state index in [1.807, 2.05) is 38.0 Å². The first-order valence-electron chi connectivity index (χ1n) is 6.86. The highest BCUT2D eigenvalue weighted by molar-refractivity contribution is 6.32. The number of carbonyl (C=O) groups excluding carboxylic acids is 1. The van der Waals surface area contributed by atoms with Crippen LogP contribution in [0.5, 0.6) is 0 Å². The third kappa shape index (κ3) is 6.75. The van der Waals surface area contributed by atoms with Crippen LogP contribution in [0.3, 0.4) is 0 Å². The maximum atomic E-state index is 12.4. The van der Waals surface area contributed by atoms with Crippen molar-refractivity contribution >= 4 is 23.3 Å². The molecule has 1 N–H and O–H groups in total. The third-order valence-electron chi connectivity index (χ3n) is 2.92. The van der Waals surface area contributed by atoms with E-state index >= 15 is 0 Å². The first kappa shape index (κ1) is 17.7. The smallest absolute Gasteiger partial charge is 0.322 e. The number of likely N-dealkylation sites (N-methyl/N-ethyl adjacent to an activating group) is 2. The number of carbonyl (C=O) groups is 1. The molecule has 0 aromatic carbocycles. The Morgan fingerprint density at radius 3 is 2.19 bits per heavy atom. The quantitative estimate of drug-likeness (QED) is 0.778. The van der Waals surface area contributed by atoms with Crippen LogP contribution in [0.15, 0.2) is 18.3 Å². The molecular formula is C14H24ClN5O. The molecular weight excluding hydrogens is 290 g/mol. The molecule has 1 aromatic heterocycles. The van der Waals surface area contributed by atoms with Crippen LogP contribution in [0.1, 0.15) is 0 Å². The molecule has 0 radical (unpaired) electrons. The number of nitrogens with zero attached hydrogens (tertiary/aromatic N) is 4. The van der Waals surface area contributed by atoms with Crippen LogP contribution in [0.2, 0.25) is 5.15 Å². The zero-order valence-electron chi connectivity index (χ0n) is 13.1. The summed E-state index contributed by atoms with van der Waals surface area (Å²) >= 11 is 5.97. The second kappa shape index (κ2) is 8.81. The highest BCUT2D eigenvalue weighted by Gasteiger charge is 2.15. The van der Waals surface area contributed by atoms with Gasteiger partial charge < -0.3 is 20.0 Å². The van der Waals surface area contributed by atoms with Gasteiger partial charge in [-0.2, -0.15) is 0 Å². The van der Waals surface area contributed by atoms with Gasteiger partial charge in [-0.25, -0.2) is 9.78 Å². The van der Waals surface area contributed by atoms with Crippen LogP contribution >= 0.6 is 11.6 Å². The summed E-state index contributed by atoms with van der Waals surface area (Å²) in [6, 6.07) is 3.32. The summed E-state index contributed by atoms with van der Waals surface area (Å²) < 4.78 is 0. The van der Waals surface area contributed by atoms with Gasteiger partial charge in [0.25, 0.3) is 0 Å². The molecule has 1 aromatic rings. The minimum absolute atomic E-state index is 0.159. The average Bonchev–Trinajstić information content (AvgIpc) is 2.40. The van der Waals surface area contributed by atoms with Gasteiger partial charge in [-0.1, -0.05) is 11.6 Å². The lowest BCUT2D eigenvalue weighted by Gasteiger charge is -2.26. The van der Waals surface area contributed by atoms with Gasteiger partial charge >= 0.3 is 6.03 Å². The molecule has 0 saturated heterocycles. The number of pyridine rings is 1. The molecule has 0 aliphatic heterocycles. The van der Waals surface area contributed by atoms with E-state index in [9.17, 15) is 4.79 Å². The molecule has 0 spiro atoms. The molecule has 0 saturated carbocycles. The van der Waals surface area contributed by atoms with Gasteiger partial charge in [0.1, 0.15) is 0 Å². The number of hydrogen-bond acceptors (Lipinski definition) is 4. The Hall–Kier alpha value is -1.37. The first-order chi connectivity index (χ1) is 9.90. The molecule has 6 nitrogen and oxygen atoms in total. The lowest BCUT2D eigenvalue weighted by atomic mass is 10.4. The molecule has 1 rings (SSSR count). The largest absolute Gasteiger partial charge is 0.322 e. The summed E-state index contributed by atoms with van der Waals surface area (Å²) in [5, 5.41) is 3.11. The van der Waals surface area contributed by atoms with E-state index in [1.165, 1.54) is 0 Å². The highest BCUT2D eigenvalue weighted by atomic mass is 35.5. The number of nitrogens with one attached hydrogen (secondary N) is 1. The molecule has 118 valence electrons. The summed E-state index contributed by atoms with van der Waals surface area (Å²) in [5.74, 6) is 0. The fraction of sp³-hybridized carbons (Fsp3) is 0.571. The van der Waals surface area contributed by atoms with Gasteiger partial charge in [0, 0.05) is 32.4 Å². The predicted molar refractivity (Wildman–Crippen MR) is 86.9 cm³/mol. The van der Waals surface area contributed by atoms with Crippen molar-refractivity contribution in [1.82, 2.24) is 19.7 Å². The number of anilines is 1. The van der Waals surface area contributed by atoms with Gasteiger partial charge in [-0.05, 0) is 40.3 Å². The average molecular weight is 314 g/mol. The Bertz CT molecular complexity index is 441. The van der Waals surface area contributed by atoms with Crippen molar-refractivity contribution in [2.75, 3.05) is 59.7 Å². The highest BCUT2D eigenvalue weighted by Crippen LogP contribution is 2.17. The lowest BCUT2D eigenvalue weighted by molar-refractivity contribution is 0.198. The predicted octanol–water partition coefficient (Wildman–Crippen LogP) is 1.69. The van der Waals surface area contributed by atoms with E-state index < -0.39 is 0 Å². The fourth-order valence-corrected chi connectivity index (χ4v) is 1.80. The van der Waals surface area contributed by atoms with Crippen molar-refractivity contribution < 1.29 is 4.79 Å². The van der Waals surface area contributed by atoms with Gasteiger partial charge in [0.2, 0.25) is 0 Å². The topological polar surface area (TPSA) is 51.7 Å². The van der Waals surface area contributed by atoms with Crippen molar-refractivity contribution in [1.29, 1.82) is 0 Å². The van der Waals surface area contributed by atoms with E-state index in [-0.39, 0.29) is 6.03 Å². The number of halogens is 1. The Morgan fingerprint density at radius 1 is 1.14 bits per heavy atom. The summed E-state index contributed by atoms with van der Waals surface area (Å²) in [6.45, 7) is 2.93. The van der Waals surface area contributed by atoms with Crippen LogP contribution in [-0.4, -0.2) is 80.1 Å². The van der Waals surface area contributed by atoms with Crippen molar-refractivity contribution in [2.45, 2.75) is 0 Å². The molecule has 2 amide bonds. The molecule has 0 aliphatic rings. The lowest BCUT2D eigenvalue weighted by Crippen LogP contribution is -2.42. The molecule has 21 heavy (non-hydrogen) atoms. The van der Waals surface area contributed by atoms with E-state index in [0.717, 1.165) is 13.1 Å². The van der Waals surface area contributed by atoms with Crippen molar-refractivity contribution in [3.8, 4) is 0 Å². The van der Waals surface area contributed by atoms with Crippen LogP contribution < -0.4 is 5.32 Å². The Morgan fingerprint density at radius 2 is 1.71 bits per heavy atom. The Kier molecular flexibility index (Phi) is 7.42. The maximum absolute atomic E-state index is 12.4. The molecule has 0 aliphatic carbocycles. The van der Waals surface area contributed by atoms with E-state index in [2.05, 4.69) is 10.3 Å². The van der Waals surface area contributed by atoms with Crippen molar-refractivity contribution in [3.05, 3.63) is 23.5 Å². The van der Waals surface area contributed by atoms with Crippen molar-refractivity contribution in [3.63, 3.8) is 0 Å². The van der Waals surface area contributed by atoms with Gasteiger partial charge in [-0.15, -0.1) is 0 Å². The number of rotatable bonds is 7. The summed E-state index contributed by atoms with van der Waals surface area (Å²) in [6.07, 6.45) is 1.59. The fourth-order valence-electron chi connectivity index (χ4n) is 1.63. The second-order valence-corrected chi connectivity index (χ2v) is 5.72. The maximum Gasteiger partial charge on any atom is 0.322 e. The molecule has 0 atom stereocenters. The van der Waals surface area contributed by atoms with Crippen LogP contribution in [-0.2, 0) is 0 Å². The molecule has 0 unspecified atom stereocenters. The minimum Gasteiger partial charge on any atom is -0.322 e. The number of hydrogen-bond donors (Lipinski definition) is 1. The van der Waals surface area contributed by atoms with E-state index in [1.54, 1.807) is 23.2 Å². The molecule has 7 heteroatoms. The monoisotopic (exact) mass is 313 g/mol. The SMILES string of the molecule is CN(C)CCN(CCN(C)C)C(=O)Nc1cccnc1Cl. The van der Waals surface area contributed by atoms with Gasteiger partial charge in [-0.3, -0.25) is 0 Å². The summed E-state index contributed by atoms with van der Waals surface area (Å²) in [7, 11) is 7.94. The zero-order chi connectivity index (χ0) is 15.8. The third-order valence-corrected chi connectivity index (χ3v) is 3.22. The number of urea groups is 1. The van der Waals surface area contributed by atoms with Gasteiger partial charge in [0.15, 0.2) is 5.15 Å². The van der Waals surface area contributed by atoms with Crippen LogP contribution in [0, 0.1) is 0 Å². The number of aromatic nitrogens is 1. The van der Waals surface area contributed by atoms with Crippen LogP contribution in [0.25, 0.3) is 0 Å². The van der Waals surface area contributed by atoms with Gasteiger partial charge in [0.05, 0.1) is 5.69 Å². The first-order valence-corrected chi connectivity index (χ1v) is 7.24. The summed E-state index contributed by atoms with van der Waals surface area (Å²) in [5.41, 5.74) is 0.531. The van der Waals surface area contributed by atoms with E-state index in [4.69, 9.17) is 11.6 Å². The Labute approximate surface area is 131 Å². The van der Waals surface area contributed by atoms with Crippen molar-refractivity contribution in [2.24, 2.45) is 0 Å². The molecule has 1 heterocycles. The van der Waals surface area contributed by atoms with E-state index in [0.29, 0.717) is 23.9 Å².